The monoisotopic (exact) mass is 364 g/mol. The third kappa shape index (κ3) is 2.94. The molecule has 7 nitrogen and oxygen atoms in total. The Morgan fingerprint density at radius 3 is 2.81 bits per heavy atom. The average Bonchev–Trinajstić information content (AvgIpc) is 3.31. The smallest absolute Gasteiger partial charge is 0.225 e. The van der Waals surface area contributed by atoms with Gasteiger partial charge in [0.25, 0.3) is 0 Å². The molecule has 0 spiro atoms. The van der Waals surface area contributed by atoms with E-state index in [1.54, 1.807) is 6.33 Å². The third-order valence-corrected chi connectivity index (χ3v) is 5.09. The van der Waals surface area contributed by atoms with Crippen molar-refractivity contribution in [2.45, 2.75) is 32.0 Å². The van der Waals surface area contributed by atoms with E-state index in [4.69, 9.17) is 20.2 Å². The Balaban J connectivity index is 1.59. The van der Waals surface area contributed by atoms with Crippen LogP contribution in [0.2, 0.25) is 0 Å². The molecule has 0 radical (unpaired) electrons. The molecule has 2 atom stereocenters. The molecule has 2 fully saturated rings. The molecular weight excluding hydrogens is 344 g/mol. The Labute approximate surface area is 156 Å². The van der Waals surface area contributed by atoms with E-state index in [1.165, 1.54) is 0 Å². The Morgan fingerprint density at radius 2 is 2.19 bits per heavy atom. The summed E-state index contributed by atoms with van der Waals surface area (Å²) in [6.45, 7) is 2.32. The van der Waals surface area contributed by atoms with Gasteiger partial charge in [-0.3, -0.25) is 9.36 Å². The molecule has 2 N–H and O–H groups in total. The highest BCUT2D eigenvalue weighted by Crippen LogP contribution is 2.39. The van der Waals surface area contributed by atoms with Crippen molar-refractivity contribution in [2.75, 3.05) is 6.61 Å². The number of benzene rings is 1. The number of primary amides is 1. The van der Waals surface area contributed by atoms with Crippen LogP contribution in [-0.2, 0) is 9.53 Å². The number of carbonyl (C=O) groups excluding carboxylic acids is 1. The Morgan fingerprint density at radius 1 is 1.33 bits per heavy atom. The van der Waals surface area contributed by atoms with E-state index in [0.29, 0.717) is 6.61 Å². The van der Waals surface area contributed by atoms with Crippen LogP contribution >= 0.6 is 0 Å². The molecule has 1 amide bonds. The zero-order chi connectivity index (χ0) is 18.5. The Bertz CT molecular complexity index is 1040. The fourth-order valence-electron chi connectivity index (χ4n) is 3.37. The van der Waals surface area contributed by atoms with Gasteiger partial charge >= 0.3 is 0 Å². The molecule has 1 aliphatic heterocycles. The molecule has 1 aromatic carbocycles. The number of imidazole rings is 1. The van der Waals surface area contributed by atoms with Crippen LogP contribution in [0.15, 0.2) is 36.8 Å². The molecule has 7 heteroatoms. The first-order valence-electron chi connectivity index (χ1n) is 9.12. The fourth-order valence-corrected chi connectivity index (χ4v) is 3.37. The maximum absolute atomic E-state index is 11.5. The van der Waals surface area contributed by atoms with E-state index >= 15 is 0 Å². The summed E-state index contributed by atoms with van der Waals surface area (Å²) in [6, 6.07) is 7.83. The predicted octanol–water partition coefficient (Wildman–Crippen LogP) is 2.44. The highest BCUT2D eigenvalue weighted by atomic mass is 16.5. The predicted molar refractivity (Wildman–Crippen MR) is 98.6 cm³/mol. The van der Waals surface area contributed by atoms with Crippen LogP contribution in [0.25, 0.3) is 16.7 Å². The molecule has 2 unspecified atom stereocenters. The van der Waals surface area contributed by atoms with Gasteiger partial charge in [-0.25, -0.2) is 9.97 Å². The number of ether oxygens (including phenoxy) is 2. The number of aryl methyl sites for hydroxylation is 1. The van der Waals surface area contributed by atoms with Gasteiger partial charge in [-0.2, -0.15) is 0 Å². The van der Waals surface area contributed by atoms with E-state index in [1.807, 2.05) is 42.0 Å². The molecule has 1 saturated carbocycles. The quantitative estimate of drug-likeness (QED) is 0.751. The van der Waals surface area contributed by atoms with Crippen LogP contribution < -0.4 is 10.5 Å². The van der Waals surface area contributed by atoms with Gasteiger partial charge < -0.3 is 15.2 Å². The summed E-state index contributed by atoms with van der Waals surface area (Å²) in [5, 5.41) is 0.915. The van der Waals surface area contributed by atoms with Crippen molar-refractivity contribution in [3.05, 3.63) is 48.0 Å². The number of hydrogen-bond donors (Lipinski definition) is 1. The standard InChI is InChI=1S/C20H20N4O3/c1-11-8-24(10-22-11)18-7-17(27-13-3-4-13)14-6-12(2-5-16(14)23-18)19-15(9-26-19)20(21)25/h2,5-8,10,13,15,19H,3-4,9H2,1H3,(H2,21,25). The fraction of sp³-hybridized carbons (Fsp3) is 0.350. The largest absolute Gasteiger partial charge is 0.490 e. The summed E-state index contributed by atoms with van der Waals surface area (Å²) in [6.07, 6.45) is 5.78. The van der Waals surface area contributed by atoms with Crippen molar-refractivity contribution in [1.29, 1.82) is 0 Å². The summed E-state index contributed by atoms with van der Waals surface area (Å²) in [5.74, 6) is 0.947. The van der Waals surface area contributed by atoms with E-state index in [2.05, 4.69) is 4.98 Å². The van der Waals surface area contributed by atoms with E-state index in [0.717, 1.165) is 46.6 Å². The first-order chi connectivity index (χ1) is 13.1. The summed E-state index contributed by atoms with van der Waals surface area (Å²) >= 11 is 0. The summed E-state index contributed by atoms with van der Waals surface area (Å²) in [4.78, 5) is 20.6. The van der Waals surface area contributed by atoms with Gasteiger partial charge in [0.15, 0.2) is 0 Å². The molecule has 2 aromatic heterocycles. The summed E-state index contributed by atoms with van der Waals surface area (Å²) in [7, 11) is 0. The van der Waals surface area contributed by atoms with Crippen molar-refractivity contribution in [2.24, 2.45) is 11.7 Å². The number of pyridine rings is 1. The van der Waals surface area contributed by atoms with Gasteiger partial charge in [0.2, 0.25) is 5.91 Å². The lowest BCUT2D eigenvalue weighted by atomic mass is 9.90. The minimum absolute atomic E-state index is 0.259. The van der Waals surface area contributed by atoms with Gasteiger partial charge in [-0.15, -0.1) is 0 Å². The molecule has 3 aromatic rings. The number of hydrogen-bond acceptors (Lipinski definition) is 5. The van der Waals surface area contributed by atoms with Crippen molar-refractivity contribution >= 4 is 16.8 Å². The number of aromatic nitrogens is 3. The van der Waals surface area contributed by atoms with Gasteiger partial charge in [-0.05, 0) is 37.5 Å². The van der Waals surface area contributed by atoms with Crippen molar-refractivity contribution in [3.8, 4) is 11.6 Å². The number of amides is 1. The van der Waals surface area contributed by atoms with Crippen LogP contribution in [0, 0.1) is 12.8 Å². The first kappa shape index (κ1) is 16.3. The number of nitrogens with zero attached hydrogens (tertiary/aromatic N) is 3. The SMILES string of the molecule is Cc1cn(-c2cc(OC3CC3)c3cc(C4OCC4C(N)=O)ccc3n2)cn1. The van der Waals surface area contributed by atoms with Crippen molar-refractivity contribution in [1.82, 2.24) is 14.5 Å². The molecule has 0 bridgehead atoms. The van der Waals surface area contributed by atoms with Gasteiger partial charge in [-0.1, -0.05) is 6.07 Å². The highest BCUT2D eigenvalue weighted by Gasteiger charge is 2.38. The normalized spacial score (nSPS) is 21.8. The lowest BCUT2D eigenvalue weighted by Gasteiger charge is -2.35. The average molecular weight is 364 g/mol. The van der Waals surface area contributed by atoms with Crippen LogP contribution in [-0.4, -0.2) is 33.2 Å². The van der Waals surface area contributed by atoms with E-state index < -0.39 is 0 Å². The first-order valence-corrected chi connectivity index (χ1v) is 9.12. The van der Waals surface area contributed by atoms with Gasteiger partial charge in [0.05, 0.1) is 35.9 Å². The minimum atomic E-state index is -0.329. The van der Waals surface area contributed by atoms with Crippen molar-refractivity contribution in [3.63, 3.8) is 0 Å². The van der Waals surface area contributed by atoms with Crippen LogP contribution in [0.5, 0.6) is 5.75 Å². The topological polar surface area (TPSA) is 92.3 Å². The zero-order valence-corrected chi connectivity index (χ0v) is 15.0. The van der Waals surface area contributed by atoms with Gasteiger partial charge in [0, 0.05) is 17.6 Å². The molecule has 5 rings (SSSR count). The number of fused-ring (bicyclic) bond motifs is 1. The zero-order valence-electron chi connectivity index (χ0n) is 15.0. The molecule has 27 heavy (non-hydrogen) atoms. The maximum atomic E-state index is 11.5. The molecule has 138 valence electrons. The number of nitrogens with two attached hydrogens (primary N) is 1. The van der Waals surface area contributed by atoms with E-state index in [9.17, 15) is 4.79 Å². The second-order valence-corrected chi connectivity index (χ2v) is 7.26. The second-order valence-electron chi connectivity index (χ2n) is 7.26. The number of rotatable bonds is 5. The van der Waals surface area contributed by atoms with E-state index in [-0.39, 0.29) is 24.0 Å². The summed E-state index contributed by atoms with van der Waals surface area (Å²) < 4.78 is 13.6. The minimum Gasteiger partial charge on any atom is -0.490 e. The van der Waals surface area contributed by atoms with Crippen LogP contribution in [0.4, 0.5) is 0 Å². The molecular formula is C20H20N4O3. The Hall–Kier alpha value is -2.93. The summed E-state index contributed by atoms with van der Waals surface area (Å²) in [5.41, 5.74) is 8.14. The lowest BCUT2D eigenvalue weighted by Crippen LogP contribution is -2.42. The number of carbonyl (C=O) groups is 1. The van der Waals surface area contributed by atoms with Crippen LogP contribution in [0.3, 0.4) is 0 Å². The van der Waals surface area contributed by atoms with Gasteiger partial charge in [0.1, 0.15) is 17.9 Å². The maximum Gasteiger partial charge on any atom is 0.225 e. The molecule has 2 aliphatic rings. The lowest BCUT2D eigenvalue weighted by molar-refractivity contribution is -0.154. The van der Waals surface area contributed by atoms with Crippen LogP contribution in [0.1, 0.15) is 30.2 Å². The molecule has 1 aliphatic carbocycles. The second kappa shape index (κ2) is 6.06. The Kier molecular flexibility index (Phi) is 3.65. The molecule has 1 saturated heterocycles. The van der Waals surface area contributed by atoms with Crippen molar-refractivity contribution < 1.29 is 14.3 Å². The molecule has 3 heterocycles. The third-order valence-electron chi connectivity index (χ3n) is 5.09. The highest BCUT2D eigenvalue weighted by molar-refractivity contribution is 5.87.